The van der Waals surface area contributed by atoms with Crippen LogP contribution in [-0.2, 0) is 16.3 Å². The van der Waals surface area contributed by atoms with E-state index in [1.54, 1.807) is 55.0 Å². The summed E-state index contributed by atoms with van der Waals surface area (Å²) in [5.41, 5.74) is 4.34. The number of halogens is 1. The van der Waals surface area contributed by atoms with Crippen LogP contribution in [0.3, 0.4) is 0 Å². The van der Waals surface area contributed by atoms with Crippen molar-refractivity contribution in [2.24, 2.45) is 5.41 Å². The number of pyridine rings is 1. The van der Waals surface area contributed by atoms with Gasteiger partial charge in [-0.2, -0.15) is 0 Å². The number of fused-ring (bicyclic) bond motifs is 2. The average Bonchev–Trinajstić information content (AvgIpc) is 3.34. The summed E-state index contributed by atoms with van der Waals surface area (Å²) in [6, 6.07) is 16.7. The van der Waals surface area contributed by atoms with Crippen molar-refractivity contribution in [1.29, 1.82) is 0 Å². The molecule has 0 radical (unpaired) electrons. The van der Waals surface area contributed by atoms with Gasteiger partial charge in [0.15, 0.2) is 15.6 Å². The molecule has 2 aliphatic carbocycles. The zero-order valence-electron chi connectivity index (χ0n) is 21.8. The fraction of sp³-hybridized carbons (Fsp3) is 0.258. The number of sulfone groups is 1. The third kappa shape index (κ3) is 4.33. The van der Waals surface area contributed by atoms with E-state index < -0.39 is 20.5 Å². The van der Waals surface area contributed by atoms with Crippen molar-refractivity contribution in [2.75, 3.05) is 0 Å². The van der Waals surface area contributed by atoms with Crippen LogP contribution in [0.1, 0.15) is 52.3 Å². The monoisotopic (exact) mass is 541 g/mol. The molecular formula is C31H28FN3O3S. The van der Waals surface area contributed by atoms with Gasteiger partial charge in [0.1, 0.15) is 11.5 Å². The maximum atomic E-state index is 14.3. The first-order valence-electron chi connectivity index (χ1n) is 13.0. The number of allylic oxidation sites excluding steroid dienone is 1. The molecule has 1 saturated carbocycles. The summed E-state index contributed by atoms with van der Waals surface area (Å²) in [5.74, 6) is -0.502. The number of ketones is 1. The maximum absolute atomic E-state index is 14.3. The van der Waals surface area contributed by atoms with E-state index in [1.165, 1.54) is 12.1 Å². The zero-order chi connectivity index (χ0) is 27.4. The highest BCUT2D eigenvalue weighted by Crippen LogP contribution is 2.51. The van der Waals surface area contributed by atoms with Crippen LogP contribution in [0.2, 0.25) is 0 Å². The van der Waals surface area contributed by atoms with E-state index in [0.29, 0.717) is 24.2 Å². The third-order valence-electron chi connectivity index (χ3n) is 8.07. The van der Waals surface area contributed by atoms with Crippen molar-refractivity contribution >= 4 is 21.7 Å². The quantitative estimate of drug-likeness (QED) is 0.296. The van der Waals surface area contributed by atoms with E-state index in [-0.39, 0.29) is 29.3 Å². The number of benzene rings is 2. The minimum atomic E-state index is -3.67. The number of Topliss-reactive ketones (excluding diaryl/α,β-unsaturated/α-hetero) is 1. The summed E-state index contributed by atoms with van der Waals surface area (Å²) in [4.78, 5) is 23.6. The van der Waals surface area contributed by atoms with E-state index in [9.17, 15) is 17.6 Å². The minimum absolute atomic E-state index is 0.159. The van der Waals surface area contributed by atoms with E-state index in [1.807, 2.05) is 30.6 Å². The third-order valence-corrected chi connectivity index (χ3v) is 10.3. The Morgan fingerprint density at radius 2 is 1.74 bits per heavy atom. The summed E-state index contributed by atoms with van der Waals surface area (Å²) in [6.45, 7) is 3.82. The van der Waals surface area contributed by atoms with Gasteiger partial charge in [0.2, 0.25) is 0 Å². The van der Waals surface area contributed by atoms with Crippen LogP contribution >= 0.6 is 0 Å². The van der Waals surface area contributed by atoms with Crippen molar-refractivity contribution in [3.05, 3.63) is 113 Å². The molecule has 0 spiro atoms. The first-order valence-corrected chi connectivity index (χ1v) is 14.5. The Balaban J connectivity index is 1.46. The minimum Gasteiger partial charge on any atom is -0.299 e. The highest BCUT2D eigenvalue weighted by molar-refractivity contribution is 7.92. The molecule has 6 nitrogen and oxygen atoms in total. The number of hydrogen-bond donors (Lipinski definition) is 0. The maximum Gasteiger partial charge on any atom is 0.191 e. The van der Waals surface area contributed by atoms with Crippen LogP contribution in [0.5, 0.6) is 0 Å². The second-order valence-corrected chi connectivity index (χ2v) is 12.8. The molecule has 0 saturated heterocycles. The highest BCUT2D eigenvalue weighted by Gasteiger charge is 2.52. The van der Waals surface area contributed by atoms with Gasteiger partial charge in [-0.15, -0.1) is 0 Å². The molecule has 6 rings (SSSR count). The average molecular weight is 542 g/mol. The molecule has 2 heterocycles. The Kier molecular flexibility index (Phi) is 6.10. The molecule has 0 amide bonds. The molecule has 2 aliphatic rings. The van der Waals surface area contributed by atoms with Crippen LogP contribution in [0.15, 0.2) is 83.7 Å². The molecule has 2 aromatic heterocycles. The topological polar surface area (TPSA) is 81.9 Å². The van der Waals surface area contributed by atoms with E-state index in [2.05, 4.69) is 9.97 Å². The van der Waals surface area contributed by atoms with Gasteiger partial charge in [-0.05, 0) is 93.3 Å². The van der Waals surface area contributed by atoms with E-state index in [0.717, 1.165) is 28.1 Å². The van der Waals surface area contributed by atoms with Crippen LogP contribution in [-0.4, -0.2) is 34.0 Å². The van der Waals surface area contributed by atoms with E-state index >= 15 is 0 Å². The van der Waals surface area contributed by atoms with Crippen molar-refractivity contribution < 1.29 is 17.6 Å². The number of carbonyl (C=O) groups excluding carboxylic acids is 1. The Morgan fingerprint density at radius 1 is 1.00 bits per heavy atom. The molecule has 4 aromatic rings. The van der Waals surface area contributed by atoms with E-state index in [4.69, 9.17) is 0 Å². The lowest BCUT2D eigenvalue weighted by Gasteiger charge is -2.43. The van der Waals surface area contributed by atoms with Crippen molar-refractivity contribution in [2.45, 2.75) is 49.7 Å². The predicted octanol–water partition coefficient (Wildman–Crippen LogP) is 5.86. The second kappa shape index (κ2) is 9.38. The Labute approximate surface area is 227 Å². The zero-order valence-corrected chi connectivity index (χ0v) is 22.6. The number of rotatable bonds is 5. The lowest BCUT2D eigenvalue weighted by Crippen LogP contribution is -2.46. The van der Waals surface area contributed by atoms with Gasteiger partial charge in [-0.1, -0.05) is 23.3 Å². The van der Waals surface area contributed by atoms with Gasteiger partial charge in [0.25, 0.3) is 0 Å². The Bertz CT molecular complexity index is 1720. The first kappa shape index (κ1) is 25.4. The molecule has 2 aromatic carbocycles. The van der Waals surface area contributed by atoms with Gasteiger partial charge in [-0.25, -0.2) is 17.8 Å². The summed E-state index contributed by atoms with van der Waals surface area (Å²) >= 11 is 0. The number of hydrogen-bond acceptors (Lipinski definition) is 5. The van der Waals surface area contributed by atoms with Crippen molar-refractivity contribution in [3.8, 4) is 5.69 Å². The predicted molar refractivity (Wildman–Crippen MR) is 147 cm³/mol. The second-order valence-electron chi connectivity index (χ2n) is 10.6. The molecule has 8 heteroatoms. The molecule has 1 fully saturated rings. The standard InChI is InChI=1S/C31H28FN3O3S/c1-20-3-10-25(11-4-20)39(37,38)26-12-5-22-16-29-28(34-19-35(29)24-8-6-23(32)7-9-24)18-31(22,17-26)30(36)27-15-21(2)13-14-33-27/h3-4,6-11,13-16,19,26H,5,12,17-18H2,1-2H3/t26-,31+/m0/s1. The van der Waals surface area contributed by atoms with Crippen molar-refractivity contribution in [1.82, 2.24) is 14.5 Å². The van der Waals surface area contributed by atoms with Crippen LogP contribution in [0.4, 0.5) is 4.39 Å². The summed E-state index contributed by atoms with van der Waals surface area (Å²) in [7, 11) is -3.67. The van der Waals surface area contributed by atoms with Crippen LogP contribution < -0.4 is 0 Å². The smallest absolute Gasteiger partial charge is 0.191 e. The van der Waals surface area contributed by atoms with Gasteiger partial charge in [-0.3, -0.25) is 14.3 Å². The summed E-state index contributed by atoms with van der Waals surface area (Å²) in [6.07, 6.45) is 6.58. The number of aryl methyl sites for hydroxylation is 2. The van der Waals surface area contributed by atoms with Crippen molar-refractivity contribution in [3.63, 3.8) is 0 Å². The normalized spacial score (nSPS) is 20.6. The first-order chi connectivity index (χ1) is 18.7. The number of imidazole rings is 1. The number of carbonyl (C=O) groups is 1. The SMILES string of the molecule is Cc1ccc(S(=O)(=O)[C@H]2CCC3=Cc4c(ncn4-c4ccc(F)cc4)C[C@]3(C(=O)c3cc(C)ccn3)C2)cc1. The molecule has 0 N–H and O–H groups in total. The summed E-state index contributed by atoms with van der Waals surface area (Å²) in [5, 5.41) is -0.716. The Hall–Kier alpha value is -3.91. The number of nitrogens with zero attached hydrogens (tertiary/aromatic N) is 3. The lowest BCUT2D eigenvalue weighted by atomic mass is 9.62. The van der Waals surface area contributed by atoms with Gasteiger partial charge >= 0.3 is 0 Å². The van der Waals surface area contributed by atoms with Crippen LogP contribution in [0.25, 0.3) is 11.8 Å². The molecule has 0 aliphatic heterocycles. The fourth-order valence-electron chi connectivity index (χ4n) is 5.93. The van der Waals surface area contributed by atoms with Gasteiger partial charge in [0, 0.05) is 18.3 Å². The molecule has 0 unspecified atom stereocenters. The highest BCUT2D eigenvalue weighted by atomic mass is 32.2. The van der Waals surface area contributed by atoms with Crippen LogP contribution in [0, 0.1) is 25.1 Å². The molecule has 0 bridgehead atoms. The molecule has 2 atom stereocenters. The fourth-order valence-corrected chi connectivity index (χ4v) is 7.76. The largest absolute Gasteiger partial charge is 0.299 e. The number of aromatic nitrogens is 3. The summed E-state index contributed by atoms with van der Waals surface area (Å²) < 4.78 is 43.0. The molecule has 198 valence electrons. The molecular weight excluding hydrogens is 513 g/mol. The lowest BCUT2D eigenvalue weighted by molar-refractivity contribution is 0.0795. The van der Waals surface area contributed by atoms with Gasteiger partial charge < -0.3 is 0 Å². The van der Waals surface area contributed by atoms with Gasteiger partial charge in [0.05, 0.1) is 33.3 Å². The Morgan fingerprint density at radius 3 is 2.46 bits per heavy atom. The molecule has 39 heavy (non-hydrogen) atoms.